The van der Waals surface area contributed by atoms with E-state index < -0.39 is 140 Å². The molecule has 2 spiro atoms. The van der Waals surface area contributed by atoms with Crippen LogP contribution >= 0.6 is 23.5 Å². The van der Waals surface area contributed by atoms with Crippen LogP contribution in [0.15, 0.2) is 28.7 Å². The number of carbonyl (C=O) groups is 1. The van der Waals surface area contributed by atoms with Crippen LogP contribution in [0.2, 0.25) is 0 Å². The number of H-pyrrole nitrogens is 2. The quantitative estimate of drug-likeness (QED) is 0.0208. The van der Waals surface area contributed by atoms with E-state index in [1.165, 1.54) is 25.5 Å². The fourth-order valence-electron chi connectivity index (χ4n) is 6.93. The third-order valence-electron chi connectivity index (χ3n) is 9.71. The molecule has 0 amide bonds. The molecule has 2 aliphatic carbocycles. The Kier molecular flexibility index (Phi) is 12.4. The third kappa shape index (κ3) is 8.52. The van der Waals surface area contributed by atoms with E-state index in [2.05, 4.69) is 40.1 Å². The van der Waals surface area contributed by atoms with E-state index in [1.807, 2.05) is 0 Å². The average molecular weight is 1140 g/mol. The van der Waals surface area contributed by atoms with Crippen molar-refractivity contribution in [3.8, 4) is 0 Å². The normalized spacial score (nSPS) is 35.3. The fourth-order valence-corrected chi connectivity index (χ4v) is 17.0. The van der Waals surface area contributed by atoms with Crippen molar-refractivity contribution in [2.45, 2.75) is 68.8 Å². The predicted octanol–water partition coefficient (Wildman–Crippen LogP) is -10.6. The number of hydrogen-bond acceptors (Lipinski definition) is 22. The average Bonchev–Trinajstić information content (AvgIpc) is 3.94. The second-order valence-electron chi connectivity index (χ2n) is 13.5. The summed E-state index contributed by atoms with van der Waals surface area (Å²) in [6.45, 7) is 3.66. The Morgan fingerprint density at radius 3 is 2.30 bits per heavy atom. The van der Waals surface area contributed by atoms with E-state index in [0.717, 1.165) is 0 Å². The number of nitrogens with one attached hydrogen (secondary N) is 2. The number of nitrogens with zero attached hydrogens (tertiary/aromatic N) is 5. The first kappa shape index (κ1) is 45.6. The van der Waals surface area contributed by atoms with Crippen LogP contribution in [0.4, 0.5) is 23.4 Å². The van der Waals surface area contributed by atoms with Crippen molar-refractivity contribution < 1.29 is 127 Å². The van der Waals surface area contributed by atoms with Gasteiger partial charge in [0.1, 0.15) is 0 Å². The summed E-state index contributed by atoms with van der Waals surface area (Å²) < 4.78 is 68.3. The molecule has 2 aliphatic heterocycles. The molecule has 29 nitrogen and oxygen atoms in total. The van der Waals surface area contributed by atoms with Gasteiger partial charge in [-0.05, 0) is 0 Å². The van der Waals surface area contributed by atoms with Crippen LogP contribution in [0.25, 0.3) is 11.2 Å². The number of quaternary nitrogens is 1. The monoisotopic (exact) mass is 1140 g/mol. The zero-order chi connectivity index (χ0) is 43.9. The maximum absolute atomic E-state index is 12.9. The van der Waals surface area contributed by atoms with Crippen LogP contribution in [-0.2, 0) is 44.0 Å². The second kappa shape index (κ2) is 16.3. The van der Waals surface area contributed by atoms with Crippen molar-refractivity contribution in [2.75, 3.05) is 21.6 Å². The van der Waals surface area contributed by atoms with Gasteiger partial charge in [0.25, 0.3) is 5.56 Å². The molecule has 14 atom stereocenters. The molecule has 4 aliphatic rings. The molecule has 7 rings (SSSR count). The second-order valence-corrected chi connectivity index (χ2v) is 23.7. The Labute approximate surface area is 355 Å². The Hall–Kier alpha value is -2.37. The van der Waals surface area contributed by atoms with E-state index >= 15 is 0 Å². The van der Waals surface area contributed by atoms with Gasteiger partial charge >= 0.3 is 294 Å². The first-order chi connectivity index (χ1) is 28.0. The summed E-state index contributed by atoms with van der Waals surface area (Å²) in [7, 11) is -16.0. The summed E-state index contributed by atoms with van der Waals surface area (Å²) in [5.41, 5.74) is 6.97. The summed E-state index contributed by atoms with van der Waals surface area (Å²) in [6, 6.07) is -0.722. The molecule has 34 heteroatoms. The number of aromatic amines is 2. The van der Waals surface area contributed by atoms with Gasteiger partial charge in [-0.3, -0.25) is 9.78 Å². The molecule has 60 heavy (non-hydrogen) atoms. The van der Waals surface area contributed by atoms with Gasteiger partial charge in [-0.15, -0.1) is 0 Å². The topological polar surface area (TPSA) is 446 Å². The first-order valence-electron chi connectivity index (χ1n) is 16.9. The molecule has 2 saturated carbocycles. The molecule has 3 aromatic rings. The number of phosphoric acid groups is 3. The predicted molar refractivity (Wildman–Crippen MR) is 187 cm³/mol. The molecule has 0 radical (unpaired) electrons. The first-order valence-corrected chi connectivity index (χ1v) is 25.7. The Bertz CT molecular complexity index is 2480. The van der Waals surface area contributed by atoms with Gasteiger partial charge in [0.05, 0.1) is 6.33 Å². The van der Waals surface area contributed by atoms with Crippen molar-refractivity contribution >= 4 is 64.3 Å². The number of aliphatic hydroxyl groups is 4. The number of anilines is 3. The summed E-state index contributed by atoms with van der Waals surface area (Å²) in [5.74, 6) is -1.69. The van der Waals surface area contributed by atoms with Crippen LogP contribution in [0.3, 0.4) is 0 Å². The van der Waals surface area contributed by atoms with Gasteiger partial charge in [-0.1, -0.05) is 0 Å². The van der Waals surface area contributed by atoms with Crippen molar-refractivity contribution in [1.82, 2.24) is 29.5 Å². The third-order valence-corrected chi connectivity index (χ3v) is 20.5. The number of fused-ring (bicyclic) bond motifs is 1. The molecule has 5 heterocycles. The molecule has 0 aromatic carbocycles. The van der Waals surface area contributed by atoms with E-state index in [9.17, 15) is 63.2 Å². The number of ether oxygens (including phenoxy) is 2. The molecular weight excluding hydrogens is 1100 g/mol. The molecule has 14 unspecified atom stereocenters. The fraction of sp³-hybridized carbons (Fsp3) is 0.538. The molecule has 2 saturated heterocycles. The molecule has 15 N–H and O–H groups in total. The van der Waals surface area contributed by atoms with E-state index in [1.54, 1.807) is 7.05 Å². The van der Waals surface area contributed by atoms with Gasteiger partial charge in [-0.25, -0.2) is 4.98 Å². The Balaban J connectivity index is 0.966. The van der Waals surface area contributed by atoms with Gasteiger partial charge in [0, 0.05) is 0 Å². The minimum atomic E-state index is -6.05. The van der Waals surface area contributed by atoms with Gasteiger partial charge in [0.15, 0.2) is 11.2 Å². The molecule has 0 bridgehead atoms. The summed E-state index contributed by atoms with van der Waals surface area (Å²) in [5, 5.41) is 44.4. The number of carbonyl (C=O) groups excluding carboxylic acids is 1. The molecule has 4 fully saturated rings. The number of rotatable bonds is 16. The van der Waals surface area contributed by atoms with Gasteiger partial charge in [-0.2, -0.15) is 4.98 Å². The van der Waals surface area contributed by atoms with Gasteiger partial charge in [0.2, 0.25) is 5.95 Å². The summed E-state index contributed by atoms with van der Waals surface area (Å²) >= 11 is -4.10. The number of halogens is 2. The number of imidazole rings is 1. The number of aromatic nitrogens is 6. The number of nitrogens with two attached hydrogens (primary N) is 3. The number of phosphoric ester groups is 1. The standard InChI is InChI=1S/C26H35I2N10O19P3/c1-3-38(20-11(31-2)21(44)35-24(30)34-20)27-17-14(41)13(40)15(42)18(52-17)28-55-59(48,49)57-60(50,51)56-58(46,47)53-10-5-26(10)16(43)8(6-39)25(54-26)4-9(25)37-7-32-12-19(37)33-23(29)36-22(12)45/h3,6-10,13-18,31,40-43H,1,4-5H2,2H3,(H,46,47)(H,48,49)(H,50,51)(H3,29,33,36,45)(H3,30,34,35,44)/q-2/p+1. The number of aliphatic hydroxyl groups excluding tert-OH is 4. The van der Waals surface area contributed by atoms with Crippen LogP contribution in [0.1, 0.15) is 18.9 Å². The van der Waals surface area contributed by atoms with Crippen molar-refractivity contribution in [3.63, 3.8) is 0 Å². The molecule has 334 valence electrons. The number of alkyl halides is 2. The SMILES string of the molecule is C=CN([I-]C1OC([I-]OP(=O)(O)OP(=O)(O)OP(=O)(O)OC2CC23OC2(CC2n2cnc4c(=O)[nH]c(N)nc42)C(C=O)C3O)C(O)C(O)C1O)c1nc(N)[nH]c(=O)c1[NH2+]C. The van der Waals surface area contributed by atoms with Crippen molar-refractivity contribution in [1.29, 1.82) is 0 Å². The maximum atomic E-state index is 12.9. The van der Waals surface area contributed by atoms with Crippen molar-refractivity contribution in [2.24, 2.45) is 5.92 Å². The van der Waals surface area contributed by atoms with Crippen LogP contribution < -0.4 is 74.1 Å². The van der Waals surface area contributed by atoms with E-state index in [4.69, 9.17) is 28.3 Å². The summed E-state index contributed by atoms with van der Waals surface area (Å²) in [6.07, 6.45) is -6.09. The van der Waals surface area contributed by atoms with Crippen LogP contribution in [0.5, 0.6) is 0 Å². The van der Waals surface area contributed by atoms with Crippen LogP contribution in [0, 0.1) is 5.92 Å². The number of aldehydes is 1. The molecular formula is C26H36I2N10O19P3-. The number of nitrogen functional groups attached to an aromatic ring is 2. The zero-order valence-electron chi connectivity index (χ0n) is 30.1. The van der Waals surface area contributed by atoms with Gasteiger partial charge < -0.3 is 15.1 Å². The summed E-state index contributed by atoms with van der Waals surface area (Å²) in [4.78, 5) is 84.6. The minimum absolute atomic E-state index is 0.0234. The number of hydrogen-bond donors (Lipinski definition) is 12. The van der Waals surface area contributed by atoms with Crippen LogP contribution in [-0.4, -0.2) is 128 Å². The molecule has 3 aromatic heterocycles. The Morgan fingerprint density at radius 1 is 0.983 bits per heavy atom. The van der Waals surface area contributed by atoms with E-state index in [-0.39, 0.29) is 47.4 Å². The van der Waals surface area contributed by atoms with Crippen molar-refractivity contribution in [3.05, 3.63) is 39.8 Å². The van der Waals surface area contributed by atoms with E-state index in [0.29, 0.717) is 6.29 Å². The zero-order valence-corrected chi connectivity index (χ0v) is 37.1. The Morgan fingerprint density at radius 2 is 1.63 bits per heavy atom.